The molecule has 2 rings (SSSR count). The maximum atomic E-state index is 12.2. The molecule has 1 aromatic carbocycles. The van der Waals surface area contributed by atoms with Crippen molar-refractivity contribution in [2.24, 2.45) is 0 Å². The van der Waals surface area contributed by atoms with Crippen molar-refractivity contribution >= 4 is 6.03 Å². The summed E-state index contributed by atoms with van der Waals surface area (Å²) in [6.45, 7) is 3.98. The SMILES string of the molecule is CCC1CCCCN1C(=O)NCCOc1ccc(OC)cc1. The van der Waals surface area contributed by atoms with Crippen LogP contribution in [0.4, 0.5) is 4.79 Å². The summed E-state index contributed by atoms with van der Waals surface area (Å²) in [6.07, 6.45) is 4.47. The summed E-state index contributed by atoms with van der Waals surface area (Å²) in [6, 6.07) is 7.85. The lowest BCUT2D eigenvalue weighted by molar-refractivity contribution is 0.147. The van der Waals surface area contributed by atoms with E-state index in [-0.39, 0.29) is 6.03 Å². The Morgan fingerprint density at radius 2 is 2.00 bits per heavy atom. The molecular formula is C17H26N2O3. The van der Waals surface area contributed by atoms with E-state index in [4.69, 9.17) is 9.47 Å². The minimum absolute atomic E-state index is 0.0323. The number of hydrogen-bond donors (Lipinski definition) is 1. The molecule has 0 aromatic heterocycles. The number of methoxy groups -OCH3 is 1. The van der Waals surface area contributed by atoms with E-state index in [0.717, 1.165) is 37.3 Å². The summed E-state index contributed by atoms with van der Waals surface area (Å²) in [5.41, 5.74) is 0. The molecule has 0 spiro atoms. The molecule has 0 saturated carbocycles. The fourth-order valence-corrected chi connectivity index (χ4v) is 2.79. The number of likely N-dealkylation sites (tertiary alicyclic amines) is 1. The van der Waals surface area contributed by atoms with Crippen molar-refractivity contribution < 1.29 is 14.3 Å². The van der Waals surface area contributed by atoms with Gasteiger partial charge in [-0.2, -0.15) is 0 Å². The van der Waals surface area contributed by atoms with Gasteiger partial charge in [0.25, 0.3) is 0 Å². The topological polar surface area (TPSA) is 50.8 Å². The molecular weight excluding hydrogens is 280 g/mol. The van der Waals surface area contributed by atoms with E-state index < -0.39 is 0 Å². The summed E-state index contributed by atoms with van der Waals surface area (Å²) >= 11 is 0. The molecule has 1 fully saturated rings. The van der Waals surface area contributed by atoms with E-state index in [1.807, 2.05) is 29.2 Å². The van der Waals surface area contributed by atoms with Gasteiger partial charge < -0.3 is 19.7 Å². The lowest BCUT2D eigenvalue weighted by Crippen LogP contribution is -2.49. The largest absolute Gasteiger partial charge is 0.497 e. The van der Waals surface area contributed by atoms with E-state index in [2.05, 4.69) is 12.2 Å². The standard InChI is InChI=1S/C17H26N2O3/c1-3-14-6-4-5-12-19(14)17(20)18-11-13-22-16-9-7-15(21-2)8-10-16/h7-10,14H,3-6,11-13H2,1-2H3,(H,18,20). The van der Waals surface area contributed by atoms with Gasteiger partial charge in [0.05, 0.1) is 13.7 Å². The van der Waals surface area contributed by atoms with Crippen LogP contribution in [0.1, 0.15) is 32.6 Å². The normalized spacial score (nSPS) is 17.9. The molecule has 1 saturated heterocycles. The van der Waals surface area contributed by atoms with Crippen molar-refractivity contribution in [1.82, 2.24) is 10.2 Å². The predicted molar refractivity (Wildman–Crippen MR) is 86.5 cm³/mol. The first kappa shape index (κ1) is 16.5. The number of piperidine rings is 1. The van der Waals surface area contributed by atoms with Crippen LogP contribution >= 0.6 is 0 Å². The van der Waals surface area contributed by atoms with Crippen molar-refractivity contribution in [3.05, 3.63) is 24.3 Å². The van der Waals surface area contributed by atoms with Crippen LogP contribution in [0.2, 0.25) is 0 Å². The first-order valence-electron chi connectivity index (χ1n) is 8.06. The smallest absolute Gasteiger partial charge is 0.317 e. The van der Waals surface area contributed by atoms with Crippen molar-refractivity contribution in [2.45, 2.75) is 38.6 Å². The zero-order valence-corrected chi connectivity index (χ0v) is 13.5. The van der Waals surface area contributed by atoms with E-state index in [1.54, 1.807) is 7.11 Å². The summed E-state index contributed by atoms with van der Waals surface area (Å²) in [4.78, 5) is 14.2. The van der Waals surface area contributed by atoms with Gasteiger partial charge in [0.2, 0.25) is 0 Å². The Labute approximate surface area is 132 Å². The summed E-state index contributed by atoms with van der Waals surface area (Å²) in [5.74, 6) is 1.58. The van der Waals surface area contributed by atoms with E-state index in [9.17, 15) is 4.79 Å². The minimum atomic E-state index is 0.0323. The molecule has 1 N–H and O–H groups in total. The highest BCUT2D eigenvalue weighted by molar-refractivity contribution is 5.74. The Bertz CT molecular complexity index is 461. The molecule has 2 amide bonds. The molecule has 1 heterocycles. The first-order valence-corrected chi connectivity index (χ1v) is 8.06. The van der Waals surface area contributed by atoms with Crippen LogP contribution in [0.25, 0.3) is 0 Å². The second-order valence-corrected chi connectivity index (χ2v) is 5.51. The molecule has 1 aromatic rings. The quantitative estimate of drug-likeness (QED) is 0.822. The summed E-state index contributed by atoms with van der Waals surface area (Å²) in [7, 11) is 1.63. The molecule has 1 aliphatic rings. The lowest BCUT2D eigenvalue weighted by atomic mass is 10.0. The molecule has 1 unspecified atom stereocenters. The van der Waals surface area contributed by atoms with Crippen LogP contribution < -0.4 is 14.8 Å². The second kappa shape index (κ2) is 8.51. The number of ether oxygens (including phenoxy) is 2. The number of rotatable bonds is 6. The van der Waals surface area contributed by atoms with Crippen LogP contribution in [-0.2, 0) is 0 Å². The number of nitrogens with one attached hydrogen (secondary N) is 1. The van der Waals surface area contributed by atoms with Crippen LogP contribution in [0.3, 0.4) is 0 Å². The van der Waals surface area contributed by atoms with Crippen molar-refractivity contribution in [1.29, 1.82) is 0 Å². The molecule has 0 radical (unpaired) electrons. The number of urea groups is 1. The third kappa shape index (κ3) is 4.55. The number of nitrogens with zero attached hydrogens (tertiary/aromatic N) is 1. The van der Waals surface area contributed by atoms with E-state index in [1.165, 1.54) is 6.42 Å². The average Bonchev–Trinajstić information content (AvgIpc) is 2.59. The van der Waals surface area contributed by atoms with Crippen molar-refractivity contribution in [2.75, 3.05) is 26.8 Å². The van der Waals surface area contributed by atoms with Crippen LogP contribution in [0.5, 0.6) is 11.5 Å². The molecule has 22 heavy (non-hydrogen) atoms. The molecule has 1 aliphatic heterocycles. The Hall–Kier alpha value is -1.91. The van der Waals surface area contributed by atoms with Gasteiger partial charge in [0.1, 0.15) is 18.1 Å². The molecule has 0 bridgehead atoms. The Balaban J connectivity index is 1.69. The van der Waals surface area contributed by atoms with Gasteiger partial charge in [-0.05, 0) is 49.9 Å². The highest BCUT2D eigenvalue weighted by atomic mass is 16.5. The number of hydrogen-bond acceptors (Lipinski definition) is 3. The highest BCUT2D eigenvalue weighted by Crippen LogP contribution is 2.19. The summed E-state index contributed by atoms with van der Waals surface area (Å²) in [5, 5.41) is 2.95. The fourth-order valence-electron chi connectivity index (χ4n) is 2.79. The minimum Gasteiger partial charge on any atom is -0.497 e. The van der Waals surface area contributed by atoms with Gasteiger partial charge in [-0.15, -0.1) is 0 Å². The number of benzene rings is 1. The van der Waals surface area contributed by atoms with E-state index >= 15 is 0 Å². The molecule has 122 valence electrons. The maximum Gasteiger partial charge on any atom is 0.317 e. The van der Waals surface area contributed by atoms with Crippen molar-refractivity contribution in [3.63, 3.8) is 0 Å². The van der Waals surface area contributed by atoms with E-state index in [0.29, 0.717) is 19.2 Å². The lowest BCUT2D eigenvalue weighted by Gasteiger charge is -2.35. The number of carbonyl (C=O) groups is 1. The van der Waals surface area contributed by atoms with Crippen LogP contribution in [-0.4, -0.2) is 43.8 Å². The zero-order valence-electron chi connectivity index (χ0n) is 13.5. The third-order valence-electron chi connectivity index (χ3n) is 4.07. The van der Waals surface area contributed by atoms with Gasteiger partial charge in [-0.1, -0.05) is 6.92 Å². The molecule has 1 atom stereocenters. The Morgan fingerprint density at radius 1 is 1.27 bits per heavy atom. The Morgan fingerprint density at radius 3 is 2.68 bits per heavy atom. The number of amides is 2. The number of carbonyl (C=O) groups excluding carboxylic acids is 1. The van der Waals surface area contributed by atoms with Gasteiger partial charge in [0.15, 0.2) is 0 Å². The predicted octanol–water partition coefficient (Wildman–Crippen LogP) is 3.05. The Kier molecular flexibility index (Phi) is 6.37. The fraction of sp³-hybridized carbons (Fsp3) is 0.588. The maximum absolute atomic E-state index is 12.2. The zero-order chi connectivity index (χ0) is 15.8. The highest BCUT2D eigenvalue weighted by Gasteiger charge is 2.24. The second-order valence-electron chi connectivity index (χ2n) is 5.51. The summed E-state index contributed by atoms with van der Waals surface area (Å²) < 4.78 is 10.7. The third-order valence-corrected chi connectivity index (χ3v) is 4.07. The molecule has 5 heteroatoms. The molecule has 0 aliphatic carbocycles. The van der Waals surface area contributed by atoms with Crippen LogP contribution in [0.15, 0.2) is 24.3 Å². The first-order chi connectivity index (χ1) is 10.7. The van der Waals surface area contributed by atoms with Crippen molar-refractivity contribution in [3.8, 4) is 11.5 Å². The molecule has 5 nitrogen and oxygen atoms in total. The van der Waals surface area contributed by atoms with Gasteiger partial charge in [-0.25, -0.2) is 4.79 Å². The van der Waals surface area contributed by atoms with Gasteiger partial charge in [-0.3, -0.25) is 0 Å². The van der Waals surface area contributed by atoms with Gasteiger partial charge in [0, 0.05) is 12.6 Å². The van der Waals surface area contributed by atoms with Crippen LogP contribution in [0, 0.1) is 0 Å². The average molecular weight is 306 g/mol. The monoisotopic (exact) mass is 306 g/mol. The van der Waals surface area contributed by atoms with Gasteiger partial charge >= 0.3 is 6.03 Å².